The van der Waals surface area contributed by atoms with Gasteiger partial charge in [-0.15, -0.1) is 0 Å². The summed E-state index contributed by atoms with van der Waals surface area (Å²) in [7, 11) is 0. The molecule has 0 atom stereocenters. The van der Waals surface area contributed by atoms with Crippen molar-refractivity contribution in [1.29, 1.82) is 0 Å². The average molecular weight is 269 g/mol. The molecule has 4 nitrogen and oxygen atoms in total. The number of carboxylic acid groups (broad SMARTS) is 1. The van der Waals surface area contributed by atoms with Gasteiger partial charge in [-0.1, -0.05) is 39.0 Å². The van der Waals surface area contributed by atoms with E-state index in [1.165, 1.54) is 32.1 Å². The summed E-state index contributed by atoms with van der Waals surface area (Å²) in [5.74, 6) is -0.768. The van der Waals surface area contributed by atoms with Crippen LogP contribution in [-0.4, -0.2) is 76.9 Å². The molecule has 0 radical (unpaired) electrons. The van der Waals surface area contributed by atoms with E-state index in [2.05, 4.69) is 6.92 Å². The minimum atomic E-state index is -0.768. The maximum atomic E-state index is 10.5. The Kier molecular flexibility index (Phi) is 17.8. The zero-order valence-corrected chi connectivity index (χ0v) is 11.0. The Hall–Kier alpha value is 0.390. The summed E-state index contributed by atoms with van der Waals surface area (Å²) in [4.78, 5) is 12.5. The number of aliphatic carboxylic acids is 1. The van der Waals surface area contributed by atoms with Crippen molar-refractivity contribution in [2.24, 2.45) is 0 Å². The molecule has 2 N–H and O–H groups in total. The van der Waals surface area contributed by atoms with Crippen LogP contribution in [0.15, 0.2) is 0 Å². The Bertz CT molecular complexity index is 191. The van der Waals surface area contributed by atoms with Crippen LogP contribution >= 0.6 is 0 Å². The van der Waals surface area contributed by atoms with Gasteiger partial charge in [0.2, 0.25) is 0 Å². The van der Waals surface area contributed by atoms with E-state index in [1.54, 1.807) is 0 Å². The first kappa shape index (κ1) is 20.7. The van der Waals surface area contributed by atoms with Crippen LogP contribution in [-0.2, 0) is 4.79 Å². The van der Waals surface area contributed by atoms with Gasteiger partial charge in [-0.3, -0.25) is 4.79 Å². The fraction of sp³-hybridized carbons (Fsp3) is 0.923. The number of hydrogen-bond donors (Lipinski definition) is 2. The molecule has 0 aromatic rings. The monoisotopic (exact) mass is 269 g/mol. The van der Waals surface area contributed by atoms with Gasteiger partial charge in [-0.2, -0.15) is 0 Å². The summed E-state index contributed by atoms with van der Waals surface area (Å²) in [5, 5.41) is 17.5. The van der Waals surface area contributed by atoms with Gasteiger partial charge in [0.05, 0.1) is 13.0 Å². The Morgan fingerprint density at radius 2 is 1.61 bits per heavy atom. The molecular weight excluding hydrogens is 241 g/mol. The normalized spacial score (nSPS) is 10.4. The number of rotatable bonds is 12. The van der Waals surface area contributed by atoms with Crippen molar-refractivity contribution in [3.63, 3.8) is 0 Å². The van der Waals surface area contributed by atoms with Crippen LogP contribution < -0.4 is 0 Å². The topological polar surface area (TPSA) is 60.8 Å². The summed E-state index contributed by atoms with van der Waals surface area (Å²) >= 11 is 0. The van der Waals surface area contributed by atoms with Gasteiger partial charge in [-0.25, -0.2) is 0 Å². The molecule has 0 bridgehead atoms. The van der Waals surface area contributed by atoms with Crippen LogP contribution in [0.4, 0.5) is 0 Å². The van der Waals surface area contributed by atoms with Crippen molar-refractivity contribution >= 4 is 35.5 Å². The molecule has 0 rings (SSSR count). The summed E-state index contributed by atoms with van der Waals surface area (Å²) in [5.41, 5.74) is 0. The van der Waals surface area contributed by atoms with E-state index in [1.807, 2.05) is 4.90 Å². The zero-order valence-electron chi connectivity index (χ0n) is 11.0. The maximum absolute atomic E-state index is 10.5. The average Bonchev–Trinajstić information content (AvgIpc) is 2.30. The van der Waals surface area contributed by atoms with Crippen LogP contribution in [0.3, 0.4) is 0 Å². The SMILES string of the molecule is CCCCCCCCN(CCO)CCC(=O)O.[NaH]. The summed E-state index contributed by atoms with van der Waals surface area (Å²) < 4.78 is 0. The Labute approximate surface area is 133 Å². The van der Waals surface area contributed by atoms with Crippen LogP contribution in [0.25, 0.3) is 0 Å². The van der Waals surface area contributed by atoms with Gasteiger partial charge in [0.15, 0.2) is 0 Å². The number of aliphatic hydroxyl groups excluding tert-OH is 1. The van der Waals surface area contributed by atoms with Gasteiger partial charge in [0.1, 0.15) is 0 Å². The van der Waals surface area contributed by atoms with Crippen molar-refractivity contribution in [2.75, 3.05) is 26.2 Å². The van der Waals surface area contributed by atoms with E-state index in [0.717, 1.165) is 13.0 Å². The van der Waals surface area contributed by atoms with Gasteiger partial charge in [0.25, 0.3) is 0 Å². The summed E-state index contributed by atoms with van der Waals surface area (Å²) in [6, 6.07) is 0. The minimum absolute atomic E-state index is 0. The molecule has 0 saturated carbocycles. The molecule has 0 aliphatic carbocycles. The van der Waals surface area contributed by atoms with Crippen molar-refractivity contribution in [1.82, 2.24) is 4.90 Å². The molecule has 0 fully saturated rings. The number of carboxylic acids is 1. The van der Waals surface area contributed by atoms with E-state index in [4.69, 9.17) is 10.2 Å². The third-order valence-electron chi connectivity index (χ3n) is 2.89. The van der Waals surface area contributed by atoms with Crippen molar-refractivity contribution in [3.8, 4) is 0 Å². The van der Waals surface area contributed by atoms with Crippen molar-refractivity contribution < 1.29 is 15.0 Å². The summed E-state index contributed by atoms with van der Waals surface area (Å²) in [6.45, 7) is 4.34. The molecule has 0 aromatic heterocycles. The van der Waals surface area contributed by atoms with Gasteiger partial charge >= 0.3 is 35.5 Å². The van der Waals surface area contributed by atoms with Crippen LogP contribution in [0.2, 0.25) is 0 Å². The first-order valence-electron chi connectivity index (χ1n) is 6.75. The number of unbranched alkanes of at least 4 members (excludes halogenated alkanes) is 5. The molecule has 0 aliphatic rings. The predicted octanol–water partition coefficient (Wildman–Crippen LogP) is 1.47. The predicted molar refractivity (Wildman–Crippen MR) is 76.3 cm³/mol. The van der Waals surface area contributed by atoms with Crippen LogP contribution in [0.1, 0.15) is 51.9 Å². The number of nitrogens with zero attached hydrogens (tertiary/aromatic N) is 1. The molecule has 0 spiro atoms. The Morgan fingerprint density at radius 1 is 1.00 bits per heavy atom. The first-order chi connectivity index (χ1) is 8.20. The van der Waals surface area contributed by atoms with E-state index in [-0.39, 0.29) is 42.6 Å². The molecule has 104 valence electrons. The quantitative estimate of drug-likeness (QED) is 0.416. The van der Waals surface area contributed by atoms with Crippen molar-refractivity contribution in [3.05, 3.63) is 0 Å². The fourth-order valence-corrected chi connectivity index (χ4v) is 1.85. The molecule has 0 saturated heterocycles. The number of hydrogen-bond acceptors (Lipinski definition) is 3. The van der Waals surface area contributed by atoms with E-state index < -0.39 is 5.97 Å². The van der Waals surface area contributed by atoms with E-state index >= 15 is 0 Å². The molecule has 0 heterocycles. The molecule has 0 amide bonds. The second-order valence-electron chi connectivity index (χ2n) is 4.48. The molecule has 0 aromatic carbocycles. The van der Waals surface area contributed by atoms with Gasteiger partial charge < -0.3 is 15.1 Å². The Balaban J connectivity index is 0. The van der Waals surface area contributed by atoms with Gasteiger partial charge in [-0.05, 0) is 13.0 Å². The van der Waals surface area contributed by atoms with E-state index in [9.17, 15) is 4.79 Å². The van der Waals surface area contributed by atoms with Crippen LogP contribution in [0, 0.1) is 0 Å². The third-order valence-corrected chi connectivity index (χ3v) is 2.89. The van der Waals surface area contributed by atoms with Gasteiger partial charge in [0, 0.05) is 13.1 Å². The second-order valence-corrected chi connectivity index (χ2v) is 4.48. The third kappa shape index (κ3) is 14.5. The number of aliphatic hydroxyl groups is 1. The molecule has 0 aliphatic heterocycles. The van der Waals surface area contributed by atoms with Crippen LogP contribution in [0.5, 0.6) is 0 Å². The first-order valence-corrected chi connectivity index (χ1v) is 6.75. The standard InChI is InChI=1S/C13H27NO3.Na.H/c1-2-3-4-5-6-7-9-14(11-12-15)10-8-13(16)17;;/h15H,2-12H2,1H3,(H,16,17);;. The summed E-state index contributed by atoms with van der Waals surface area (Å²) in [6.07, 6.45) is 7.59. The van der Waals surface area contributed by atoms with Crippen molar-refractivity contribution in [2.45, 2.75) is 51.9 Å². The van der Waals surface area contributed by atoms with E-state index in [0.29, 0.717) is 13.1 Å². The molecule has 0 unspecified atom stereocenters. The zero-order chi connectivity index (χ0) is 12.9. The Morgan fingerprint density at radius 3 is 2.17 bits per heavy atom. The molecular formula is C13H28NNaO3. The molecule has 18 heavy (non-hydrogen) atoms. The second kappa shape index (κ2) is 15.4. The fourth-order valence-electron chi connectivity index (χ4n) is 1.85. The number of carbonyl (C=O) groups is 1. The molecule has 5 heteroatoms.